The van der Waals surface area contributed by atoms with Gasteiger partial charge in [-0.15, -0.1) is 0 Å². The van der Waals surface area contributed by atoms with Crippen LogP contribution in [-0.2, 0) is 0 Å². The summed E-state index contributed by atoms with van der Waals surface area (Å²) in [7, 11) is 0. The third-order valence-electron chi connectivity index (χ3n) is 2.81. The molecule has 0 saturated carbocycles. The Morgan fingerprint density at radius 1 is 1.00 bits per heavy atom. The number of ether oxygens (including phenoxy) is 1. The van der Waals surface area contributed by atoms with Crippen molar-refractivity contribution in [2.75, 3.05) is 0 Å². The molecule has 0 saturated heterocycles. The van der Waals surface area contributed by atoms with Crippen molar-refractivity contribution in [3.05, 3.63) is 71.6 Å². The van der Waals surface area contributed by atoms with Crippen molar-refractivity contribution in [1.82, 2.24) is 0 Å². The smallest absolute Gasteiger partial charge is 0.142 e. The van der Waals surface area contributed by atoms with Gasteiger partial charge in [-0.25, -0.2) is 4.39 Å². The summed E-state index contributed by atoms with van der Waals surface area (Å²) in [5, 5.41) is 0. The quantitative estimate of drug-likeness (QED) is 0.714. The molecule has 1 atom stereocenters. The molecule has 3 rings (SSSR count). The monoisotopic (exact) mass is 226 g/mol. The van der Waals surface area contributed by atoms with Gasteiger partial charge in [0.2, 0.25) is 0 Å². The van der Waals surface area contributed by atoms with Gasteiger partial charge < -0.3 is 4.74 Å². The lowest BCUT2D eigenvalue weighted by molar-refractivity contribution is 0.250. The summed E-state index contributed by atoms with van der Waals surface area (Å²) in [6.45, 7) is 0. The molecule has 0 N–H and O–H groups in total. The molecule has 2 aromatic rings. The predicted molar refractivity (Wildman–Crippen MR) is 65.2 cm³/mol. The van der Waals surface area contributed by atoms with Gasteiger partial charge in [0.05, 0.1) is 0 Å². The highest BCUT2D eigenvalue weighted by Gasteiger charge is 2.16. The van der Waals surface area contributed by atoms with E-state index in [4.69, 9.17) is 4.74 Å². The first-order chi connectivity index (χ1) is 8.33. The van der Waals surface area contributed by atoms with E-state index >= 15 is 0 Å². The lowest BCUT2D eigenvalue weighted by atomic mass is 10.0. The van der Waals surface area contributed by atoms with Crippen LogP contribution >= 0.6 is 0 Å². The molecule has 0 radical (unpaired) electrons. The fourth-order valence-electron chi connectivity index (χ4n) is 1.94. The zero-order chi connectivity index (χ0) is 11.7. The van der Waals surface area contributed by atoms with Crippen molar-refractivity contribution >= 4 is 6.08 Å². The van der Waals surface area contributed by atoms with E-state index in [1.165, 1.54) is 12.1 Å². The fourth-order valence-corrected chi connectivity index (χ4v) is 1.94. The molecule has 0 spiro atoms. The van der Waals surface area contributed by atoms with E-state index in [-0.39, 0.29) is 11.9 Å². The highest BCUT2D eigenvalue weighted by Crippen LogP contribution is 2.32. The van der Waals surface area contributed by atoms with E-state index in [2.05, 4.69) is 0 Å². The van der Waals surface area contributed by atoms with Crippen molar-refractivity contribution < 1.29 is 9.13 Å². The van der Waals surface area contributed by atoms with Crippen LogP contribution in [0.1, 0.15) is 17.2 Å². The second-order valence-electron chi connectivity index (χ2n) is 3.99. The minimum absolute atomic E-state index is 0.134. The minimum Gasteiger partial charge on any atom is -0.481 e. The maximum absolute atomic E-state index is 13.1. The molecule has 2 aromatic carbocycles. The number of rotatable bonds is 1. The Bertz CT molecular complexity index is 560. The zero-order valence-electron chi connectivity index (χ0n) is 9.14. The molecular weight excluding hydrogens is 215 g/mol. The molecule has 1 heterocycles. The van der Waals surface area contributed by atoms with E-state index in [1.807, 2.05) is 42.5 Å². The Morgan fingerprint density at radius 2 is 1.82 bits per heavy atom. The third-order valence-corrected chi connectivity index (χ3v) is 2.81. The van der Waals surface area contributed by atoms with Gasteiger partial charge in [0, 0.05) is 11.6 Å². The van der Waals surface area contributed by atoms with Crippen molar-refractivity contribution in [2.45, 2.75) is 6.10 Å². The number of fused-ring (bicyclic) bond motifs is 1. The molecular formula is C15H11FO. The van der Waals surface area contributed by atoms with Crippen molar-refractivity contribution in [1.29, 1.82) is 0 Å². The Labute approximate surface area is 99.2 Å². The van der Waals surface area contributed by atoms with Crippen LogP contribution in [0.25, 0.3) is 6.08 Å². The molecule has 84 valence electrons. The van der Waals surface area contributed by atoms with Gasteiger partial charge in [-0.05, 0) is 23.8 Å². The molecule has 0 amide bonds. The summed E-state index contributed by atoms with van der Waals surface area (Å²) in [5.41, 5.74) is 1.98. The second kappa shape index (κ2) is 4.06. The van der Waals surface area contributed by atoms with Gasteiger partial charge >= 0.3 is 0 Å². The number of benzene rings is 2. The van der Waals surface area contributed by atoms with Crippen LogP contribution in [0, 0.1) is 5.82 Å². The summed E-state index contributed by atoms with van der Waals surface area (Å²) in [6.07, 6.45) is 3.82. The summed E-state index contributed by atoms with van der Waals surface area (Å²) in [6, 6.07) is 14.5. The molecule has 1 aliphatic rings. The molecule has 0 bridgehead atoms. The van der Waals surface area contributed by atoms with Gasteiger partial charge in [0.15, 0.2) is 0 Å². The van der Waals surface area contributed by atoms with Crippen molar-refractivity contribution in [2.24, 2.45) is 0 Å². The molecule has 0 unspecified atom stereocenters. The Balaban J connectivity index is 1.95. The van der Waals surface area contributed by atoms with E-state index in [0.717, 1.165) is 11.1 Å². The first-order valence-electron chi connectivity index (χ1n) is 5.52. The Kier molecular flexibility index (Phi) is 2.41. The second-order valence-corrected chi connectivity index (χ2v) is 3.99. The maximum Gasteiger partial charge on any atom is 0.142 e. The first-order valence-corrected chi connectivity index (χ1v) is 5.52. The average molecular weight is 226 g/mol. The highest BCUT2D eigenvalue weighted by molar-refractivity contribution is 5.60. The first kappa shape index (κ1) is 10.1. The Morgan fingerprint density at radius 3 is 2.65 bits per heavy atom. The Hall–Kier alpha value is -2.09. The summed E-state index contributed by atoms with van der Waals surface area (Å²) in [4.78, 5) is 0. The molecule has 17 heavy (non-hydrogen) atoms. The lowest BCUT2D eigenvalue weighted by Gasteiger charge is -2.21. The van der Waals surface area contributed by atoms with Gasteiger partial charge in [-0.3, -0.25) is 0 Å². The average Bonchev–Trinajstić information content (AvgIpc) is 2.39. The number of halogens is 1. The minimum atomic E-state index is -0.272. The normalized spacial score (nSPS) is 17.4. The van der Waals surface area contributed by atoms with E-state index in [9.17, 15) is 4.39 Å². The van der Waals surface area contributed by atoms with Gasteiger partial charge in [0.1, 0.15) is 17.7 Å². The van der Waals surface area contributed by atoms with E-state index < -0.39 is 0 Å². The van der Waals surface area contributed by atoms with Crippen molar-refractivity contribution in [3.63, 3.8) is 0 Å². The maximum atomic E-state index is 13.1. The molecule has 0 fully saturated rings. The SMILES string of the molecule is Fc1ccc2c(c1)O[C@@H](c1ccccc1)C=C2. The van der Waals surface area contributed by atoms with Crippen LogP contribution in [-0.4, -0.2) is 0 Å². The fraction of sp³-hybridized carbons (Fsp3) is 0.0667. The van der Waals surface area contributed by atoms with Crippen LogP contribution in [0.5, 0.6) is 5.75 Å². The number of hydrogen-bond donors (Lipinski definition) is 0. The molecule has 0 aliphatic carbocycles. The highest BCUT2D eigenvalue weighted by atomic mass is 19.1. The van der Waals surface area contributed by atoms with Crippen LogP contribution < -0.4 is 4.74 Å². The van der Waals surface area contributed by atoms with Gasteiger partial charge in [0.25, 0.3) is 0 Å². The van der Waals surface area contributed by atoms with E-state index in [0.29, 0.717) is 5.75 Å². The lowest BCUT2D eigenvalue weighted by Crippen LogP contribution is -2.08. The van der Waals surface area contributed by atoms with Gasteiger partial charge in [-0.2, -0.15) is 0 Å². The summed E-state index contributed by atoms with van der Waals surface area (Å²) >= 11 is 0. The standard InChI is InChI=1S/C15H11FO/c16-13-8-6-12-7-9-14(17-15(12)10-13)11-4-2-1-3-5-11/h1-10,14H/t14-/m1/s1. The van der Waals surface area contributed by atoms with Crippen LogP contribution in [0.3, 0.4) is 0 Å². The van der Waals surface area contributed by atoms with Gasteiger partial charge in [-0.1, -0.05) is 36.4 Å². The van der Waals surface area contributed by atoms with Crippen LogP contribution in [0.15, 0.2) is 54.6 Å². The molecule has 0 aromatic heterocycles. The zero-order valence-corrected chi connectivity index (χ0v) is 9.14. The predicted octanol–water partition coefficient (Wildman–Crippen LogP) is 3.97. The summed E-state index contributed by atoms with van der Waals surface area (Å²) in [5.74, 6) is 0.326. The molecule has 1 aliphatic heterocycles. The van der Waals surface area contributed by atoms with E-state index in [1.54, 1.807) is 6.07 Å². The third kappa shape index (κ3) is 1.94. The topological polar surface area (TPSA) is 9.23 Å². The number of hydrogen-bond acceptors (Lipinski definition) is 1. The molecule has 1 nitrogen and oxygen atoms in total. The summed E-state index contributed by atoms with van der Waals surface area (Å²) < 4.78 is 18.9. The van der Waals surface area contributed by atoms with Crippen molar-refractivity contribution in [3.8, 4) is 5.75 Å². The van der Waals surface area contributed by atoms with Crippen LogP contribution in [0.4, 0.5) is 4.39 Å². The largest absolute Gasteiger partial charge is 0.481 e. The van der Waals surface area contributed by atoms with Crippen LogP contribution in [0.2, 0.25) is 0 Å². The molecule has 2 heteroatoms.